The van der Waals surface area contributed by atoms with E-state index in [2.05, 4.69) is 18.7 Å². The number of nitrogens with zero attached hydrogens (tertiary/aromatic N) is 1. The molecule has 0 bridgehead atoms. The van der Waals surface area contributed by atoms with E-state index in [1.165, 1.54) is 6.07 Å². The van der Waals surface area contributed by atoms with E-state index < -0.39 is 0 Å². The number of aryl methyl sites for hydroxylation is 1. The maximum Gasteiger partial charge on any atom is 0.123 e. The van der Waals surface area contributed by atoms with Crippen LogP contribution in [0, 0.1) is 12.7 Å². The Morgan fingerprint density at radius 3 is 2.50 bits per heavy atom. The number of hydrogen-bond acceptors (Lipinski definition) is 2. The largest absolute Gasteiger partial charge is 0.326 e. The lowest BCUT2D eigenvalue weighted by Crippen LogP contribution is -2.55. The van der Waals surface area contributed by atoms with Gasteiger partial charge >= 0.3 is 0 Å². The Morgan fingerprint density at radius 2 is 2.00 bits per heavy atom. The molecule has 102 valence electrons. The highest BCUT2D eigenvalue weighted by Gasteiger charge is 2.32. The molecular weight excluding hydrogens is 227 g/mol. The molecule has 3 heteroatoms. The summed E-state index contributed by atoms with van der Waals surface area (Å²) < 4.78 is 13.3. The van der Waals surface area contributed by atoms with Gasteiger partial charge in [0.1, 0.15) is 5.82 Å². The fourth-order valence-corrected chi connectivity index (χ4v) is 2.23. The fourth-order valence-electron chi connectivity index (χ4n) is 2.23. The summed E-state index contributed by atoms with van der Waals surface area (Å²) in [5, 5.41) is 0. The molecular formula is C15H25FN2. The third-order valence-corrected chi connectivity index (χ3v) is 4.29. The zero-order chi connectivity index (χ0) is 13.9. The van der Waals surface area contributed by atoms with Gasteiger partial charge in [0.25, 0.3) is 0 Å². The van der Waals surface area contributed by atoms with E-state index in [1.807, 2.05) is 27.1 Å². The Hall–Kier alpha value is -0.930. The van der Waals surface area contributed by atoms with Crippen molar-refractivity contribution in [1.29, 1.82) is 0 Å². The van der Waals surface area contributed by atoms with Crippen molar-refractivity contribution in [3.8, 4) is 0 Å². The molecule has 0 fully saturated rings. The molecule has 0 aliphatic rings. The monoisotopic (exact) mass is 252 g/mol. The van der Waals surface area contributed by atoms with E-state index in [1.54, 1.807) is 6.07 Å². The van der Waals surface area contributed by atoms with Gasteiger partial charge < -0.3 is 10.6 Å². The van der Waals surface area contributed by atoms with Gasteiger partial charge in [0.2, 0.25) is 0 Å². The lowest BCUT2D eigenvalue weighted by molar-refractivity contribution is 0.131. The summed E-state index contributed by atoms with van der Waals surface area (Å²) in [6, 6.07) is 4.89. The van der Waals surface area contributed by atoms with Crippen LogP contribution in [0.4, 0.5) is 4.39 Å². The highest BCUT2D eigenvalue weighted by atomic mass is 19.1. The van der Waals surface area contributed by atoms with Gasteiger partial charge in [-0.1, -0.05) is 13.0 Å². The Morgan fingerprint density at radius 1 is 1.39 bits per heavy atom. The van der Waals surface area contributed by atoms with E-state index in [0.717, 1.165) is 17.5 Å². The summed E-state index contributed by atoms with van der Waals surface area (Å²) in [5.41, 5.74) is 8.38. The van der Waals surface area contributed by atoms with Crippen LogP contribution in [0.2, 0.25) is 0 Å². The van der Waals surface area contributed by atoms with E-state index in [0.29, 0.717) is 6.42 Å². The Balaban J connectivity index is 2.93. The highest BCUT2D eigenvalue weighted by molar-refractivity contribution is 5.28. The maximum absolute atomic E-state index is 13.3. The lowest BCUT2D eigenvalue weighted by atomic mass is 9.84. The third kappa shape index (κ3) is 3.09. The normalized spacial score (nSPS) is 16.7. The van der Waals surface area contributed by atoms with Crippen molar-refractivity contribution >= 4 is 0 Å². The van der Waals surface area contributed by atoms with Crippen LogP contribution in [0.3, 0.4) is 0 Å². The van der Waals surface area contributed by atoms with Crippen LogP contribution in [0.5, 0.6) is 0 Å². The first-order valence-electron chi connectivity index (χ1n) is 6.49. The van der Waals surface area contributed by atoms with Crippen LogP contribution < -0.4 is 5.73 Å². The second-order valence-corrected chi connectivity index (χ2v) is 5.49. The van der Waals surface area contributed by atoms with Crippen LogP contribution >= 0.6 is 0 Å². The fraction of sp³-hybridized carbons (Fsp3) is 0.600. The lowest BCUT2D eigenvalue weighted by Gasteiger charge is -2.41. The molecule has 0 radical (unpaired) electrons. The maximum atomic E-state index is 13.3. The second kappa shape index (κ2) is 5.81. The number of likely N-dealkylation sites (N-methyl/N-ethyl adjacent to an activating group) is 1. The van der Waals surface area contributed by atoms with Gasteiger partial charge in [0.15, 0.2) is 0 Å². The van der Waals surface area contributed by atoms with E-state index >= 15 is 0 Å². The molecule has 2 atom stereocenters. The third-order valence-electron chi connectivity index (χ3n) is 4.29. The summed E-state index contributed by atoms with van der Waals surface area (Å²) in [4.78, 5) is 2.16. The highest BCUT2D eigenvalue weighted by Crippen LogP contribution is 2.23. The zero-order valence-corrected chi connectivity index (χ0v) is 12.1. The van der Waals surface area contributed by atoms with Crippen molar-refractivity contribution in [2.45, 2.75) is 45.2 Å². The van der Waals surface area contributed by atoms with Gasteiger partial charge in [-0.25, -0.2) is 4.39 Å². The summed E-state index contributed by atoms with van der Waals surface area (Å²) >= 11 is 0. The van der Waals surface area contributed by atoms with Gasteiger partial charge in [-0.2, -0.15) is 0 Å². The summed E-state index contributed by atoms with van der Waals surface area (Å²) in [6.07, 6.45) is 1.67. The minimum absolute atomic E-state index is 0.0157. The van der Waals surface area contributed by atoms with Crippen LogP contribution in [0.15, 0.2) is 18.2 Å². The van der Waals surface area contributed by atoms with Crippen LogP contribution in [0.1, 0.15) is 31.4 Å². The number of rotatable bonds is 5. The predicted molar refractivity (Wildman–Crippen MR) is 75.2 cm³/mol. The van der Waals surface area contributed by atoms with Crippen molar-refractivity contribution in [3.05, 3.63) is 35.1 Å². The SMILES string of the molecule is CCC(C)(C(N)Cc1cc(F)ccc1C)N(C)C. The molecule has 18 heavy (non-hydrogen) atoms. The molecule has 0 saturated carbocycles. The standard InChI is InChI=1S/C15H25FN2/c1-6-15(3,18(4)5)14(17)10-12-9-13(16)8-7-11(12)2/h7-9,14H,6,10,17H2,1-5H3. The first kappa shape index (κ1) is 15.1. The van der Waals surface area contributed by atoms with Crippen LogP contribution in [0.25, 0.3) is 0 Å². The molecule has 0 amide bonds. The van der Waals surface area contributed by atoms with E-state index in [-0.39, 0.29) is 17.4 Å². The molecule has 0 aromatic heterocycles. The quantitative estimate of drug-likeness (QED) is 0.873. The van der Waals surface area contributed by atoms with E-state index in [4.69, 9.17) is 5.73 Å². The molecule has 2 N–H and O–H groups in total. The summed E-state index contributed by atoms with van der Waals surface area (Å²) in [6.45, 7) is 6.30. The van der Waals surface area contributed by atoms with E-state index in [9.17, 15) is 4.39 Å². The summed E-state index contributed by atoms with van der Waals surface area (Å²) in [7, 11) is 4.09. The zero-order valence-electron chi connectivity index (χ0n) is 12.1. The average molecular weight is 252 g/mol. The number of nitrogens with two attached hydrogens (primary N) is 1. The Kier molecular flexibility index (Phi) is 4.88. The molecule has 1 rings (SSSR count). The summed E-state index contributed by atoms with van der Waals surface area (Å²) in [5.74, 6) is -0.189. The first-order chi connectivity index (χ1) is 8.31. The minimum Gasteiger partial charge on any atom is -0.326 e. The number of hydrogen-bond donors (Lipinski definition) is 1. The van der Waals surface area contributed by atoms with Gasteiger partial charge in [0.05, 0.1) is 0 Å². The Labute approximate surface area is 110 Å². The van der Waals surface area contributed by atoms with Crippen molar-refractivity contribution in [2.24, 2.45) is 5.73 Å². The van der Waals surface area contributed by atoms with Crippen molar-refractivity contribution in [3.63, 3.8) is 0 Å². The molecule has 0 spiro atoms. The molecule has 2 unspecified atom stereocenters. The van der Waals surface area contributed by atoms with Gasteiger partial charge in [-0.3, -0.25) is 0 Å². The molecule has 1 aromatic carbocycles. The molecule has 2 nitrogen and oxygen atoms in total. The molecule has 0 aliphatic carbocycles. The van der Waals surface area contributed by atoms with Gasteiger partial charge in [-0.05, 0) is 64.0 Å². The van der Waals surface area contributed by atoms with Crippen LogP contribution in [-0.2, 0) is 6.42 Å². The second-order valence-electron chi connectivity index (χ2n) is 5.49. The average Bonchev–Trinajstić information content (AvgIpc) is 2.32. The van der Waals surface area contributed by atoms with Gasteiger partial charge in [-0.15, -0.1) is 0 Å². The van der Waals surface area contributed by atoms with Crippen molar-refractivity contribution in [2.75, 3.05) is 14.1 Å². The molecule has 0 saturated heterocycles. The number of halogens is 1. The van der Waals surface area contributed by atoms with Crippen LogP contribution in [-0.4, -0.2) is 30.6 Å². The first-order valence-corrected chi connectivity index (χ1v) is 6.49. The Bertz CT molecular complexity index is 403. The molecule has 0 heterocycles. The van der Waals surface area contributed by atoms with Crippen molar-refractivity contribution < 1.29 is 4.39 Å². The molecule has 0 aliphatic heterocycles. The minimum atomic E-state index is -0.189. The number of benzene rings is 1. The topological polar surface area (TPSA) is 29.3 Å². The van der Waals surface area contributed by atoms with Crippen molar-refractivity contribution in [1.82, 2.24) is 4.90 Å². The molecule has 1 aromatic rings. The smallest absolute Gasteiger partial charge is 0.123 e. The predicted octanol–water partition coefficient (Wildman–Crippen LogP) is 2.73. The van der Waals surface area contributed by atoms with Gasteiger partial charge in [0, 0.05) is 11.6 Å².